The van der Waals surface area contributed by atoms with E-state index < -0.39 is 0 Å². The van der Waals surface area contributed by atoms with Gasteiger partial charge in [0.1, 0.15) is 11.0 Å². The molecule has 0 aliphatic heterocycles. The van der Waals surface area contributed by atoms with Crippen molar-refractivity contribution in [3.8, 4) is 11.1 Å². The van der Waals surface area contributed by atoms with Crippen molar-refractivity contribution in [2.24, 2.45) is 0 Å². The fourth-order valence-electron chi connectivity index (χ4n) is 1.52. The molecular formula is C12H9ClFNO. The molecule has 0 aliphatic carbocycles. The molecule has 0 fully saturated rings. The molecule has 1 heterocycles. The molecule has 1 aromatic heterocycles. The zero-order valence-corrected chi connectivity index (χ0v) is 9.08. The molecule has 2 rings (SSSR count). The summed E-state index contributed by atoms with van der Waals surface area (Å²) in [5.74, 6) is -0.346. The van der Waals surface area contributed by atoms with Gasteiger partial charge in [-0.05, 0) is 18.2 Å². The Morgan fingerprint density at radius 2 is 1.88 bits per heavy atom. The van der Waals surface area contributed by atoms with E-state index in [1.165, 1.54) is 6.07 Å². The zero-order valence-electron chi connectivity index (χ0n) is 8.32. The Kier molecular flexibility index (Phi) is 3.17. The van der Waals surface area contributed by atoms with Gasteiger partial charge in [0.15, 0.2) is 0 Å². The van der Waals surface area contributed by atoms with Gasteiger partial charge in [0.2, 0.25) is 0 Å². The minimum atomic E-state index is -0.346. The van der Waals surface area contributed by atoms with Gasteiger partial charge in [0.05, 0.1) is 12.3 Å². The molecule has 1 N–H and O–H groups in total. The number of aliphatic hydroxyl groups is 1. The lowest BCUT2D eigenvalue weighted by atomic mass is 10.0. The number of hydrogen-bond acceptors (Lipinski definition) is 2. The van der Waals surface area contributed by atoms with Crippen LogP contribution in [0.1, 0.15) is 5.69 Å². The van der Waals surface area contributed by atoms with Crippen molar-refractivity contribution < 1.29 is 9.50 Å². The molecule has 0 aliphatic rings. The van der Waals surface area contributed by atoms with Crippen molar-refractivity contribution >= 4 is 11.6 Å². The van der Waals surface area contributed by atoms with E-state index in [2.05, 4.69) is 4.98 Å². The average molecular weight is 238 g/mol. The maximum absolute atomic E-state index is 13.5. The molecule has 4 heteroatoms. The van der Waals surface area contributed by atoms with Crippen LogP contribution in [0.5, 0.6) is 0 Å². The van der Waals surface area contributed by atoms with E-state index in [1.807, 2.05) is 0 Å². The Bertz CT molecular complexity index is 516. The molecule has 0 atom stereocenters. The Hall–Kier alpha value is -1.45. The maximum Gasteiger partial charge on any atom is 0.131 e. The highest BCUT2D eigenvalue weighted by Crippen LogP contribution is 2.26. The molecule has 2 aromatic rings. The second-order valence-corrected chi connectivity index (χ2v) is 3.65. The molecular weight excluding hydrogens is 229 g/mol. The fourth-order valence-corrected chi connectivity index (χ4v) is 1.69. The van der Waals surface area contributed by atoms with Crippen LogP contribution in [0, 0.1) is 5.82 Å². The van der Waals surface area contributed by atoms with Crippen molar-refractivity contribution in [2.45, 2.75) is 6.61 Å². The summed E-state index contributed by atoms with van der Waals surface area (Å²) in [5.41, 5.74) is 1.35. The van der Waals surface area contributed by atoms with Crippen LogP contribution in [0.3, 0.4) is 0 Å². The Balaban J connectivity index is 2.60. The summed E-state index contributed by atoms with van der Waals surface area (Å²) in [6, 6.07) is 9.57. The van der Waals surface area contributed by atoms with Gasteiger partial charge >= 0.3 is 0 Å². The van der Waals surface area contributed by atoms with Crippen LogP contribution in [0.2, 0.25) is 5.15 Å². The second kappa shape index (κ2) is 4.60. The highest BCUT2D eigenvalue weighted by molar-refractivity contribution is 6.29. The van der Waals surface area contributed by atoms with Crippen molar-refractivity contribution in [1.29, 1.82) is 0 Å². The van der Waals surface area contributed by atoms with Crippen molar-refractivity contribution in [2.75, 3.05) is 0 Å². The molecule has 16 heavy (non-hydrogen) atoms. The third kappa shape index (κ3) is 2.05. The standard InChI is InChI=1S/C12H9ClFNO/c13-12-6-5-9(11(7-16)15-12)8-3-1-2-4-10(8)14/h1-6,16H,7H2. The lowest BCUT2D eigenvalue weighted by Gasteiger charge is -2.07. The van der Waals surface area contributed by atoms with Crippen molar-refractivity contribution in [3.05, 3.63) is 53.1 Å². The Morgan fingerprint density at radius 1 is 1.12 bits per heavy atom. The first-order valence-corrected chi connectivity index (χ1v) is 5.11. The highest BCUT2D eigenvalue weighted by Gasteiger charge is 2.10. The van der Waals surface area contributed by atoms with Gasteiger partial charge in [0, 0.05) is 11.1 Å². The quantitative estimate of drug-likeness (QED) is 0.815. The number of nitrogens with zero attached hydrogens (tertiary/aromatic N) is 1. The highest BCUT2D eigenvalue weighted by atomic mass is 35.5. The monoisotopic (exact) mass is 237 g/mol. The molecule has 1 aromatic carbocycles. The molecule has 0 bridgehead atoms. The van der Waals surface area contributed by atoms with E-state index in [0.717, 1.165) is 0 Å². The van der Waals surface area contributed by atoms with Gasteiger partial charge in [-0.15, -0.1) is 0 Å². The maximum atomic E-state index is 13.5. The molecule has 0 spiro atoms. The van der Waals surface area contributed by atoms with Crippen LogP contribution in [0.4, 0.5) is 4.39 Å². The summed E-state index contributed by atoms with van der Waals surface area (Å²) in [6.07, 6.45) is 0. The number of hydrogen-bond donors (Lipinski definition) is 1. The van der Waals surface area contributed by atoms with Gasteiger partial charge in [-0.3, -0.25) is 0 Å². The number of aromatic nitrogens is 1. The number of aliphatic hydroxyl groups excluding tert-OH is 1. The van der Waals surface area contributed by atoms with Crippen LogP contribution in [-0.2, 0) is 6.61 Å². The summed E-state index contributed by atoms with van der Waals surface area (Å²) in [4.78, 5) is 3.96. The molecule has 0 saturated heterocycles. The minimum Gasteiger partial charge on any atom is -0.390 e. The first-order valence-electron chi connectivity index (χ1n) is 4.73. The van der Waals surface area contributed by atoms with Crippen molar-refractivity contribution in [3.63, 3.8) is 0 Å². The van der Waals surface area contributed by atoms with Gasteiger partial charge in [-0.2, -0.15) is 0 Å². The molecule has 0 radical (unpaired) electrons. The molecule has 2 nitrogen and oxygen atoms in total. The molecule has 0 saturated carbocycles. The summed E-state index contributed by atoms with van der Waals surface area (Å²) in [6.45, 7) is -0.274. The van der Waals surface area contributed by atoms with Gasteiger partial charge in [-0.1, -0.05) is 29.8 Å². The van der Waals surface area contributed by atoms with Crippen LogP contribution in [0.15, 0.2) is 36.4 Å². The van der Waals surface area contributed by atoms with E-state index >= 15 is 0 Å². The van der Waals surface area contributed by atoms with Crippen LogP contribution >= 0.6 is 11.6 Å². The largest absolute Gasteiger partial charge is 0.390 e. The van der Waals surface area contributed by atoms with Gasteiger partial charge < -0.3 is 5.11 Å². The first kappa shape index (κ1) is 11.0. The van der Waals surface area contributed by atoms with E-state index in [-0.39, 0.29) is 17.6 Å². The number of benzene rings is 1. The van der Waals surface area contributed by atoms with E-state index in [0.29, 0.717) is 16.8 Å². The number of rotatable bonds is 2. The topological polar surface area (TPSA) is 33.1 Å². The molecule has 0 amide bonds. The third-order valence-corrected chi connectivity index (χ3v) is 2.46. The van der Waals surface area contributed by atoms with Crippen LogP contribution in [-0.4, -0.2) is 10.1 Å². The van der Waals surface area contributed by atoms with E-state index in [9.17, 15) is 4.39 Å². The molecule has 0 unspecified atom stereocenters. The number of pyridine rings is 1. The smallest absolute Gasteiger partial charge is 0.131 e. The van der Waals surface area contributed by atoms with Gasteiger partial charge in [-0.25, -0.2) is 9.37 Å². The summed E-state index contributed by atoms with van der Waals surface area (Å²) in [5, 5.41) is 9.43. The van der Waals surface area contributed by atoms with Crippen molar-refractivity contribution in [1.82, 2.24) is 4.98 Å². The predicted molar refractivity (Wildman–Crippen MR) is 60.6 cm³/mol. The SMILES string of the molecule is OCc1nc(Cl)ccc1-c1ccccc1F. The Labute approximate surface area is 97.3 Å². The lowest BCUT2D eigenvalue weighted by Crippen LogP contribution is -1.95. The fraction of sp³-hybridized carbons (Fsp3) is 0.0833. The second-order valence-electron chi connectivity index (χ2n) is 3.27. The lowest BCUT2D eigenvalue weighted by molar-refractivity contribution is 0.277. The summed E-state index contributed by atoms with van der Waals surface area (Å²) < 4.78 is 13.5. The normalized spacial score (nSPS) is 10.4. The third-order valence-electron chi connectivity index (χ3n) is 2.25. The first-order chi connectivity index (χ1) is 7.72. The van der Waals surface area contributed by atoms with E-state index in [1.54, 1.807) is 30.3 Å². The summed E-state index contributed by atoms with van der Waals surface area (Å²) in [7, 11) is 0. The predicted octanol–water partition coefficient (Wildman–Crippen LogP) is 3.03. The average Bonchev–Trinajstić information content (AvgIpc) is 2.30. The van der Waals surface area contributed by atoms with Crippen LogP contribution in [0.25, 0.3) is 11.1 Å². The summed E-state index contributed by atoms with van der Waals surface area (Å²) >= 11 is 5.71. The Morgan fingerprint density at radius 3 is 2.56 bits per heavy atom. The molecule has 82 valence electrons. The minimum absolute atomic E-state index is 0.274. The van der Waals surface area contributed by atoms with Gasteiger partial charge in [0.25, 0.3) is 0 Å². The zero-order chi connectivity index (χ0) is 11.5. The van der Waals surface area contributed by atoms with Crippen LogP contribution < -0.4 is 0 Å². The van der Waals surface area contributed by atoms with E-state index in [4.69, 9.17) is 16.7 Å². The number of halogens is 2.